The van der Waals surface area contributed by atoms with Crippen LogP contribution in [0.4, 0.5) is 5.13 Å². The van der Waals surface area contributed by atoms with Crippen LogP contribution < -0.4 is 10.6 Å². The fourth-order valence-corrected chi connectivity index (χ4v) is 3.83. The molecule has 1 saturated heterocycles. The Morgan fingerprint density at radius 3 is 2.65 bits per heavy atom. The Morgan fingerprint density at radius 2 is 2.05 bits per heavy atom. The van der Waals surface area contributed by atoms with Crippen LogP contribution in [-0.2, 0) is 9.59 Å². The molecule has 2 amide bonds. The van der Waals surface area contributed by atoms with E-state index in [-0.39, 0.29) is 30.2 Å². The van der Waals surface area contributed by atoms with Gasteiger partial charge in [-0.25, -0.2) is 9.88 Å². The van der Waals surface area contributed by atoms with Crippen LogP contribution in [-0.4, -0.2) is 23.3 Å². The second-order valence-electron chi connectivity index (χ2n) is 5.31. The van der Waals surface area contributed by atoms with Gasteiger partial charge >= 0.3 is 0 Å². The smallest absolute Gasteiger partial charge is 0.239 e. The molecular formula is C14H15N3O2S. The molecule has 5 nitrogen and oxygen atoms in total. The van der Waals surface area contributed by atoms with Crippen molar-refractivity contribution in [2.45, 2.75) is 19.8 Å². The van der Waals surface area contributed by atoms with Crippen molar-refractivity contribution in [3.8, 4) is 11.8 Å². The predicted octanol–water partition coefficient (Wildman–Crippen LogP) is 0.989. The number of anilines is 1. The highest BCUT2D eigenvalue weighted by molar-refractivity contribution is 7.16. The van der Waals surface area contributed by atoms with Crippen LogP contribution in [0.2, 0.25) is 0 Å². The second-order valence-corrected chi connectivity index (χ2v) is 6.32. The van der Waals surface area contributed by atoms with Gasteiger partial charge in [0, 0.05) is 0 Å². The highest BCUT2D eigenvalue weighted by Crippen LogP contribution is 2.44. The summed E-state index contributed by atoms with van der Waals surface area (Å²) in [5, 5.41) is 0.434. The molecule has 0 radical (unpaired) electrons. The number of rotatable bonds is 1. The summed E-state index contributed by atoms with van der Waals surface area (Å²) in [6.45, 7) is 2.37. The van der Waals surface area contributed by atoms with Crippen molar-refractivity contribution >= 4 is 28.3 Å². The summed E-state index contributed by atoms with van der Waals surface area (Å²) in [5.41, 5.74) is 5.32. The molecule has 2 aliphatic rings. The number of carbonyl (C=O) groups excluding carboxylic acids is 2. The van der Waals surface area contributed by atoms with E-state index < -0.39 is 0 Å². The fraction of sp³-hybridized carbons (Fsp3) is 0.500. The van der Waals surface area contributed by atoms with E-state index in [1.807, 2.05) is 0 Å². The van der Waals surface area contributed by atoms with Gasteiger partial charge in [0.05, 0.1) is 29.5 Å². The maximum absolute atomic E-state index is 12.4. The maximum atomic E-state index is 12.4. The minimum Gasteiger partial charge on any atom is -0.320 e. The number of fused-ring (bicyclic) bond motifs is 1. The lowest BCUT2D eigenvalue weighted by molar-refractivity contribution is -0.123. The van der Waals surface area contributed by atoms with E-state index in [4.69, 9.17) is 5.73 Å². The van der Waals surface area contributed by atoms with Gasteiger partial charge in [0.25, 0.3) is 0 Å². The van der Waals surface area contributed by atoms with Gasteiger partial charge < -0.3 is 5.73 Å². The van der Waals surface area contributed by atoms with Crippen molar-refractivity contribution in [3.05, 3.63) is 11.1 Å². The summed E-state index contributed by atoms with van der Waals surface area (Å²) in [5.74, 6) is 5.54. The zero-order chi connectivity index (χ0) is 14.3. The summed E-state index contributed by atoms with van der Waals surface area (Å²) < 4.78 is 0. The third-order valence-corrected chi connectivity index (χ3v) is 4.77. The van der Waals surface area contributed by atoms with Gasteiger partial charge in [0.1, 0.15) is 0 Å². The molecule has 0 aromatic carbocycles. The molecule has 1 aliphatic carbocycles. The minimum absolute atomic E-state index is 0.1000. The van der Waals surface area contributed by atoms with Crippen molar-refractivity contribution in [2.75, 3.05) is 11.4 Å². The molecule has 0 spiro atoms. The van der Waals surface area contributed by atoms with Gasteiger partial charge in [-0.3, -0.25) is 9.59 Å². The van der Waals surface area contributed by atoms with Gasteiger partial charge in [-0.05, 0) is 18.8 Å². The molecule has 1 aliphatic heterocycles. The number of aromatic nitrogens is 1. The lowest BCUT2D eigenvalue weighted by Crippen LogP contribution is -2.31. The molecule has 1 aromatic heterocycles. The summed E-state index contributed by atoms with van der Waals surface area (Å²) in [4.78, 5) is 30.9. The lowest BCUT2D eigenvalue weighted by atomic mass is 10.00. The number of carbonyl (C=O) groups is 2. The number of hydrogen-bond acceptors (Lipinski definition) is 5. The largest absolute Gasteiger partial charge is 0.320 e. The average molecular weight is 289 g/mol. The van der Waals surface area contributed by atoms with Crippen LogP contribution in [0.1, 0.15) is 24.6 Å². The van der Waals surface area contributed by atoms with Crippen molar-refractivity contribution in [3.63, 3.8) is 0 Å². The molecule has 104 valence electrons. The van der Waals surface area contributed by atoms with Crippen LogP contribution in [0.5, 0.6) is 0 Å². The topological polar surface area (TPSA) is 76.3 Å². The third-order valence-electron chi connectivity index (χ3n) is 3.87. The Bertz CT molecular complexity index is 604. The zero-order valence-corrected chi connectivity index (χ0v) is 11.9. The maximum Gasteiger partial charge on any atom is 0.239 e. The first kappa shape index (κ1) is 13.3. The summed E-state index contributed by atoms with van der Waals surface area (Å²) in [6.07, 6.45) is 3.19. The molecular weight excluding hydrogens is 274 g/mol. The Kier molecular flexibility index (Phi) is 3.32. The zero-order valence-electron chi connectivity index (χ0n) is 11.1. The fourth-order valence-electron chi connectivity index (χ4n) is 3.03. The average Bonchev–Trinajstić information content (AvgIpc) is 3.07. The molecule has 6 heteroatoms. The van der Waals surface area contributed by atoms with Gasteiger partial charge in [0.15, 0.2) is 5.13 Å². The van der Waals surface area contributed by atoms with Gasteiger partial charge in [-0.1, -0.05) is 30.1 Å². The number of nitrogens with zero attached hydrogens (tertiary/aromatic N) is 2. The van der Waals surface area contributed by atoms with Crippen LogP contribution in [0.25, 0.3) is 0 Å². The van der Waals surface area contributed by atoms with Crippen molar-refractivity contribution < 1.29 is 9.59 Å². The van der Waals surface area contributed by atoms with Crippen LogP contribution in [0, 0.1) is 29.6 Å². The Hall–Kier alpha value is -1.71. The predicted molar refractivity (Wildman–Crippen MR) is 75.9 cm³/mol. The molecule has 2 heterocycles. The van der Waals surface area contributed by atoms with E-state index in [1.165, 1.54) is 16.2 Å². The number of imide groups is 1. The van der Waals surface area contributed by atoms with Crippen LogP contribution in [0.3, 0.4) is 0 Å². The van der Waals surface area contributed by atoms with E-state index in [1.54, 1.807) is 6.20 Å². The van der Waals surface area contributed by atoms with E-state index in [0.717, 1.165) is 17.7 Å². The Morgan fingerprint density at radius 1 is 1.40 bits per heavy atom. The second kappa shape index (κ2) is 5.00. The monoisotopic (exact) mass is 289 g/mol. The first-order valence-electron chi connectivity index (χ1n) is 6.64. The molecule has 1 aromatic rings. The normalized spacial score (nSPS) is 28.5. The van der Waals surface area contributed by atoms with Crippen molar-refractivity contribution in [1.29, 1.82) is 0 Å². The molecule has 2 atom stereocenters. The van der Waals surface area contributed by atoms with Crippen LogP contribution >= 0.6 is 11.3 Å². The lowest BCUT2D eigenvalue weighted by Gasteiger charge is -2.12. The summed E-state index contributed by atoms with van der Waals surface area (Å²) in [6, 6.07) is 0. The first-order chi connectivity index (χ1) is 9.61. The molecule has 2 fully saturated rings. The highest BCUT2D eigenvalue weighted by Gasteiger charge is 2.52. The van der Waals surface area contributed by atoms with Gasteiger partial charge in [-0.15, -0.1) is 0 Å². The summed E-state index contributed by atoms with van der Waals surface area (Å²) >= 11 is 1.26. The van der Waals surface area contributed by atoms with E-state index in [0.29, 0.717) is 11.0 Å². The van der Waals surface area contributed by atoms with E-state index in [9.17, 15) is 9.59 Å². The van der Waals surface area contributed by atoms with Crippen molar-refractivity contribution in [2.24, 2.45) is 23.5 Å². The first-order valence-corrected chi connectivity index (χ1v) is 7.46. The number of thiazole rings is 1. The van der Waals surface area contributed by atoms with Gasteiger partial charge in [-0.2, -0.15) is 0 Å². The number of hydrogen-bond donors (Lipinski definition) is 1. The molecule has 2 N–H and O–H groups in total. The number of amides is 2. The minimum atomic E-state index is -0.153. The summed E-state index contributed by atoms with van der Waals surface area (Å²) in [7, 11) is 0. The highest BCUT2D eigenvalue weighted by atomic mass is 32.1. The molecule has 3 rings (SSSR count). The molecule has 2 unspecified atom stereocenters. The Balaban J connectivity index is 1.86. The molecule has 1 saturated carbocycles. The van der Waals surface area contributed by atoms with E-state index in [2.05, 4.69) is 23.7 Å². The SMILES string of the molecule is CC1CC2C(=O)N(c3ncc(C#CCN)s3)C(=O)C2C1. The van der Waals surface area contributed by atoms with Gasteiger partial charge in [0.2, 0.25) is 11.8 Å². The molecule has 20 heavy (non-hydrogen) atoms. The quantitative estimate of drug-likeness (QED) is 0.618. The van der Waals surface area contributed by atoms with E-state index >= 15 is 0 Å². The Labute approximate surface area is 121 Å². The van der Waals surface area contributed by atoms with Crippen molar-refractivity contribution in [1.82, 2.24) is 4.98 Å². The van der Waals surface area contributed by atoms with Crippen LogP contribution in [0.15, 0.2) is 6.20 Å². The standard InChI is InChI=1S/C14H15N3O2S/c1-8-5-10-11(6-8)13(19)17(12(10)18)14-16-7-9(20-14)3-2-4-15/h7-8,10-11H,4-6,15H2,1H3. The number of nitrogens with two attached hydrogens (primary N) is 1. The third kappa shape index (κ3) is 2.03. The molecule has 0 bridgehead atoms.